The first kappa shape index (κ1) is 13.7. The third kappa shape index (κ3) is 3.20. The van der Waals surface area contributed by atoms with Gasteiger partial charge in [-0.25, -0.2) is 4.79 Å². The van der Waals surface area contributed by atoms with Crippen LogP contribution < -0.4 is 0 Å². The van der Waals surface area contributed by atoms with Crippen molar-refractivity contribution in [3.05, 3.63) is 34.9 Å². The summed E-state index contributed by atoms with van der Waals surface area (Å²) >= 11 is 0. The van der Waals surface area contributed by atoms with E-state index in [1.165, 1.54) is 0 Å². The lowest BCUT2D eigenvalue weighted by atomic mass is 9.95. The van der Waals surface area contributed by atoms with E-state index in [9.17, 15) is 9.90 Å². The van der Waals surface area contributed by atoms with Crippen LogP contribution in [0.25, 0.3) is 0 Å². The molecule has 4 heteroatoms. The van der Waals surface area contributed by atoms with Crippen LogP contribution >= 0.6 is 0 Å². The van der Waals surface area contributed by atoms with Crippen LogP contribution in [0.15, 0.2) is 23.2 Å². The number of carbonyl (C=O) groups is 1. The molecule has 1 N–H and O–H groups in total. The van der Waals surface area contributed by atoms with Crippen LogP contribution in [0.1, 0.15) is 37.5 Å². The average Bonchev–Trinajstić information content (AvgIpc) is 2.35. The van der Waals surface area contributed by atoms with E-state index in [1.807, 2.05) is 39.0 Å². The van der Waals surface area contributed by atoms with E-state index >= 15 is 0 Å². The van der Waals surface area contributed by atoms with E-state index in [4.69, 9.17) is 4.74 Å². The summed E-state index contributed by atoms with van der Waals surface area (Å²) in [6.45, 7) is 6.05. The van der Waals surface area contributed by atoms with Gasteiger partial charge in [-0.3, -0.25) is 4.99 Å². The molecule has 0 amide bonds. The minimum atomic E-state index is -0.536. The highest BCUT2D eigenvalue weighted by Crippen LogP contribution is 2.20. The zero-order valence-electron chi connectivity index (χ0n) is 11.6. The third-order valence-electron chi connectivity index (χ3n) is 2.86. The van der Waals surface area contributed by atoms with Crippen molar-refractivity contribution in [1.82, 2.24) is 0 Å². The quantitative estimate of drug-likeness (QED) is 0.827. The largest absolute Gasteiger partial charge is 0.455 e. The van der Waals surface area contributed by atoms with Gasteiger partial charge in [0.25, 0.3) is 0 Å². The van der Waals surface area contributed by atoms with Crippen LogP contribution in [-0.2, 0) is 22.6 Å². The minimum absolute atomic E-state index is 0.0467. The standard InChI is InChI=1S/C15H19NO3/c1-15(2,3)19-14(18)13-12-8-10(9-17)4-5-11(12)6-7-16-13/h4-5,8,17H,6-7,9H2,1-3H3. The Balaban J connectivity index is 2.34. The maximum atomic E-state index is 12.2. The zero-order chi connectivity index (χ0) is 14.0. The Hall–Kier alpha value is -1.68. The summed E-state index contributed by atoms with van der Waals surface area (Å²) in [5.41, 5.74) is 2.47. The summed E-state index contributed by atoms with van der Waals surface area (Å²) in [7, 11) is 0. The van der Waals surface area contributed by atoms with Gasteiger partial charge in [0.1, 0.15) is 5.60 Å². The molecular weight excluding hydrogens is 242 g/mol. The van der Waals surface area contributed by atoms with Crippen molar-refractivity contribution in [1.29, 1.82) is 0 Å². The summed E-state index contributed by atoms with van der Waals surface area (Å²) in [5.74, 6) is -0.400. The molecule has 1 aliphatic rings. The molecule has 0 unspecified atom stereocenters. The number of hydrogen-bond donors (Lipinski definition) is 1. The fourth-order valence-corrected chi connectivity index (χ4v) is 2.03. The Labute approximate surface area is 113 Å². The second kappa shape index (κ2) is 5.13. The Kier molecular flexibility index (Phi) is 3.71. The van der Waals surface area contributed by atoms with E-state index in [1.54, 1.807) is 0 Å². The Bertz CT molecular complexity index is 527. The minimum Gasteiger partial charge on any atom is -0.455 e. The number of aliphatic imine (C=N–C) groups is 1. The van der Waals surface area contributed by atoms with Crippen molar-refractivity contribution >= 4 is 11.7 Å². The number of fused-ring (bicyclic) bond motifs is 1. The molecule has 0 spiro atoms. The fraction of sp³-hybridized carbons (Fsp3) is 0.467. The van der Waals surface area contributed by atoms with Gasteiger partial charge in [-0.1, -0.05) is 12.1 Å². The summed E-state index contributed by atoms with van der Waals surface area (Å²) in [6, 6.07) is 5.63. The maximum absolute atomic E-state index is 12.2. The van der Waals surface area contributed by atoms with Crippen LogP contribution in [0.2, 0.25) is 0 Å². The second-order valence-electron chi connectivity index (χ2n) is 5.63. The molecule has 0 saturated carbocycles. The van der Waals surface area contributed by atoms with Gasteiger partial charge in [0, 0.05) is 12.1 Å². The summed E-state index contributed by atoms with van der Waals surface area (Å²) in [6.07, 6.45) is 0.813. The number of aliphatic hydroxyl groups is 1. The Morgan fingerprint density at radius 2 is 2.16 bits per heavy atom. The van der Waals surface area contributed by atoms with Crippen molar-refractivity contribution in [3.63, 3.8) is 0 Å². The molecule has 1 aromatic rings. The van der Waals surface area contributed by atoms with Crippen molar-refractivity contribution in [2.24, 2.45) is 4.99 Å². The first-order chi connectivity index (χ1) is 8.90. The molecule has 1 aromatic carbocycles. The molecule has 0 saturated heterocycles. The summed E-state index contributed by atoms with van der Waals surface area (Å²) < 4.78 is 5.38. The second-order valence-corrected chi connectivity index (χ2v) is 5.63. The van der Waals surface area contributed by atoms with E-state index < -0.39 is 11.6 Å². The van der Waals surface area contributed by atoms with Crippen molar-refractivity contribution in [2.75, 3.05) is 6.54 Å². The molecule has 0 aliphatic carbocycles. The summed E-state index contributed by atoms with van der Waals surface area (Å²) in [4.78, 5) is 16.5. The molecule has 0 atom stereocenters. The molecule has 2 rings (SSSR count). The smallest absolute Gasteiger partial charge is 0.357 e. The van der Waals surface area contributed by atoms with Crippen LogP contribution in [0, 0.1) is 0 Å². The molecule has 4 nitrogen and oxygen atoms in total. The van der Waals surface area contributed by atoms with E-state index in [0.717, 1.165) is 23.1 Å². The lowest BCUT2D eigenvalue weighted by Gasteiger charge is -2.22. The number of carbonyl (C=O) groups excluding carboxylic acids is 1. The molecule has 0 aromatic heterocycles. The predicted molar refractivity (Wildman–Crippen MR) is 73.3 cm³/mol. The maximum Gasteiger partial charge on any atom is 0.357 e. The lowest BCUT2D eigenvalue weighted by Crippen LogP contribution is -2.31. The molecule has 102 valence electrons. The van der Waals surface area contributed by atoms with E-state index in [0.29, 0.717) is 12.3 Å². The highest BCUT2D eigenvalue weighted by atomic mass is 16.6. The van der Waals surface area contributed by atoms with Crippen LogP contribution in [0.3, 0.4) is 0 Å². The number of benzene rings is 1. The highest BCUT2D eigenvalue weighted by molar-refractivity contribution is 6.44. The number of rotatable bonds is 2. The summed E-state index contributed by atoms with van der Waals surface area (Å²) in [5, 5.41) is 9.19. The van der Waals surface area contributed by atoms with Crippen molar-refractivity contribution < 1.29 is 14.6 Å². The van der Waals surface area contributed by atoms with E-state index in [2.05, 4.69) is 4.99 Å². The molecule has 0 radical (unpaired) electrons. The number of esters is 1. The van der Waals surface area contributed by atoms with Crippen LogP contribution in [0.5, 0.6) is 0 Å². The average molecular weight is 261 g/mol. The normalized spacial score (nSPS) is 14.6. The highest BCUT2D eigenvalue weighted by Gasteiger charge is 2.26. The predicted octanol–water partition coefficient (Wildman–Crippen LogP) is 1.87. The van der Waals surface area contributed by atoms with Crippen LogP contribution in [-0.4, -0.2) is 28.9 Å². The van der Waals surface area contributed by atoms with Crippen molar-refractivity contribution in [2.45, 2.75) is 39.4 Å². The van der Waals surface area contributed by atoms with Gasteiger partial charge in [-0.2, -0.15) is 0 Å². The Morgan fingerprint density at radius 3 is 2.79 bits per heavy atom. The first-order valence-corrected chi connectivity index (χ1v) is 6.41. The zero-order valence-corrected chi connectivity index (χ0v) is 11.6. The van der Waals surface area contributed by atoms with Crippen molar-refractivity contribution in [3.8, 4) is 0 Å². The van der Waals surface area contributed by atoms with E-state index in [-0.39, 0.29) is 6.61 Å². The van der Waals surface area contributed by atoms with Gasteiger partial charge in [-0.15, -0.1) is 0 Å². The van der Waals surface area contributed by atoms with Gasteiger partial charge in [0.15, 0.2) is 5.71 Å². The lowest BCUT2D eigenvalue weighted by molar-refractivity contribution is -0.146. The SMILES string of the molecule is CC(C)(C)OC(=O)C1=NCCc2ccc(CO)cc21. The van der Waals surface area contributed by atoms with Gasteiger partial charge < -0.3 is 9.84 Å². The molecule has 19 heavy (non-hydrogen) atoms. The molecule has 0 fully saturated rings. The number of nitrogens with zero attached hydrogens (tertiary/aromatic N) is 1. The molecule has 0 bridgehead atoms. The number of aliphatic hydroxyl groups excluding tert-OH is 1. The van der Waals surface area contributed by atoms with Gasteiger partial charge in [-0.05, 0) is 44.4 Å². The van der Waals surface area contributed by atoms with Crippen LogP contribution in [0.4, 0.5) is 0 Å². The first-order valence-electron chi connectivity index (χ1n) is 6.41. The molecule has 1 heterocycles. The van der Waals surface area contributed by atoms with Gasteiger partial charge in [0.2, 0.25) is 0 Å². The molecular formula is C15H19NO3. The third-order valence-corrected chi connectivity index (χ3v) is 2.86. The fourth-order valence-electron chi connectivity index (χ4n) is 2.03. The van der Waals surface area contributed by atoms with Gasteiger partial charge >= 0.3 is 5.97 Å². The van der Waals surface area contributed by atoms with Gasteiger partial charge in [0.05, 0.1) is 6.61 Å². The monoisotopic (exact) mass is 261 g/mol. The molecule has 1 aliphatic heterocycles. The Morgan fingerprint density at radius 1 is 1.42 bits per heavy atom. The number of ether oxygens (including phenoxy) is 1. The topological polar surface area (TPSA) is 58.9 Å². The number of hydrogen-bond acceptors (Lipinski definition) is 4.